The van der Waals surface area contributed by atoms with E-state index in [-0.39, 0.29) is 11.8 Å². The van der Waals surface area contributed by atoms with Crippen molar-refractivity contribution in [2.75, 3.05) is 7.11 Å². The molecule has 0 bridgehead atoms. The molecule has 0 N–H and O–H groups in total. The summed E-state index contributed by atoms with van der Waals surface area (Å²) in [7, 11) is 1.33. The Morgan fingerprint density at radius 2 is 2.00 bits per heavy atom. The molecule has 0 atom stereocenters. The van der Waals surface area contributed by atoms with E-state index in [0.717, 1.165) is 0 Å². The van der Waals surface area contributed by atoms with Gasteiger partial charge < -0.3 is 4.74 Å². The third-order valence-electron chi connectivity index (χ3n) is 2.59. The lowest BCUT2D eigenvalue weighted by Gasteiger charge is -2.22. The van der Waals surface area contributed by atoms with Crippen molar-refractivity contribution in [1.29, 1.82) is 0 Å². The predicted molar refractivity (Wildman–Crippen MR) is 56.2 cm³/mol. The topological polar surface area (TPSA) is 26.3 Å². The van der Waals surface area contributed by atoms with Crippen LogP contribution in [-0.2, 0) is 14.9 Å². The maximum atomic E-state index is 13.3. The van der Waals surface area contributed by atoms with Crippen LogP contribution in [0.1, 0.15) is 25.0 Å². The van der Waals surface area contributed by atoms with Gasteiger partial charge in [0.1, 0.15) is 5.82 Å². The first kappa shape index (κ1) is 11.7. The molecule has 0 saturated heterocycles. The van der Waals surface area contributed by atoms with Gasteiger partial charge in [0, 0.05) is 0 Å². The van der Waals surface area contributed by atoms with Crippen molar-refractivity contribution in [2.24, 2.45) is 0 Å². The minimum absolute atomic E-state index is 0.301. The summed E-state index contributed by atoms with van der Waals surface area (Å²) in [5, 5.41) is 0. The van der Waals surface area contributed by atoms with Gasteiger partial charge in [-0.2, -0.15) is 0 Å². The van der Waals surface area contributed by atoms with Gasteiger partial charge in [-0.1, -0.05) is 12.1 Å². The Morgan fingerprint density at radius 1 is 1.40 bits per heavy atom. The lowest BCUT2D eigenvalue weighted by molar-refractivity contribution is -0.146. The Labute approximate surface area is 89.1 Å². The fraction of sp³-hybridized carbons (Fsp3) is 0.417. The molecule has 0 aliphatic rings. The van der Waals surface area contributed by atoms with Crippen molar-refractivity contribution >= 4 is 5.97 Å². The van der Waals surface area contributed by atoms with Crippen LogP contribution in [0.5, 0.6) is 0 Å². The number of carbonyl (C=O) groups excluding carboxylic acids is 1. The van der Waals surface area contributed by atoms with Crippen LogP contribution in [0.3, 0.4) is 0 Å². The first-order valence-corrected chi connectivity index (χ1v) is 4.74. The summed E-state index contributed by atoms with van der Waals surface area (Å²) in [5.74, 6) is -0.671. The van der Waals surface area contributed by atoms with Crippen LogP contribution in [0.2, 0.25) is 0 Å². The van der Waals surface area contributed by atoms with Crippen LogP contribution in [-0.4, -0.2) is 13.1 Å². The summed E-state index contributed by atoms with van der Waals surface area (Å²) in [6.45, 7) is 5.11. The fourth-order valence-corrected chi connectivity index (χ4v) is 1.35. The molecule has 0 aliphatic heterocycles. The van der Waals surface area contributed by atoms with Crippen molar-refractivity contribution in [3.63, 3.8) is 0 Å². The molecule has 0 heterocycles. The zero-order valence-corrected chi connectivity index (χ0v) is 9.43. The zero-order valence-electron chi connectivity index (χ0n) is 9.43. The smallest absolute Gasteiger partial charge is 0.315 e. The standard InChI is InChI=1S/C12H15FO2/c1-8-5-6-9(7-10(8)13)12(2,3)11(14)15-4/h5-7H,1-4H3. The highest BCUT2D eigenvalue weighted by Gasteiger charge is 2.31. The molecular formula is C12H15FO2. The van der Waals surface area contributed by atoms with Crippen molar-refractivity contribution < 1.29 is 13.9 Å². The Balaban J connectivity index is 3.16. The lowest BCUT2D eigenvalue weighted by Crippen LogP contribution is -2.30. The maximum absolute atomic E-state index is 13.3. The van der Waals surface area contributed by atoms with Gasteiger partial charge in [0.15, 0.2) is 0 Å². The van der Waals surface area contributed by atoms with E-state index in [2.05, 4.69) is 4.74 Å². The van der Waals surface area contributed by atoms with Gasteiger partial charge in [-0.15, -0.1) is 0 Å². The van der Waals surface area contributed by atoms with Crippen LogP contribution in [0.4, 0.5) is 4.39 Å². The molecule has 0 amide bonds. The van der Waals surface area contributed by atoms with Crippen LogP contribution < -0.4 is 0 Å². The third kappa shape index (κ3) is 2.17. The Hall–Kier alpha value is -1.38. The molecule has 0 radical (unpaired) electrons. The molecule has 82 valence electrons. The normalized spacial score (nSPS) is 11.3. The van der Waals surface area contributed by atoms with Gasteiger partial charge in [-0.25, -0.2) is 4.39 Å². The van der Waals surface area contributed by atoms with E-state index < -0.39 is 5.41 Å². The monoisotopic (exact) mass is 210 g/mol. The van der Waals surface area contributed by atoms with E-state index in [1.54, 1.807) is 32.9 Å². The second kappa shape index (κ2) is 4.01. The Kier molecular flexibility index (Phi) is 3.12. The van der Waals surface area contributed by atoms with Crippen molar-refractivity contribution in [3.05, 3.63) is 35.1 Å². The number of benzene rings is 1. The van der Waals surface area contributed by atoms with Gasteiger partial charge in [0.2, 0.25) is 0 Å². The zero-order chi connectivity index (χ0) is 11.6. The van der Waals surface area contributed by atoms with Gasteiger partial charge in [-0.05, 0) is 38.0 Å². The number of rotatable bonds is 2. The minimum Gasteiger partial charge on any atom is -0.468 e. The molecule has 0 unspecified atom stereocenters. The van der Waals surface area contributed by atoms with E-state index in [1.807, 2.05) is 0 Å². The molecule has 15 heavy (non-hydrogen) atoms. The lowest BCUT2D eigenvalue weighted by atomic mass is 9.84. The summed E-state index contributed by atoms with van der Waals surface area (Å²) in [5.41, 5.74) is 0.375. The highest BCUT2D eigenvalue weighted by Crippen LogP contribution is 2.26. The van der Waals surface area contributed by atoms with Crippen LogP contribution in [0.25, 0.3) is 0 Å². The predicted octanol–water partition coefficient (Wildman–Crippen LogP) is 2.58. The summed E-state index contributed by atoms with van der Waals surface area (Å²) in [6.07, 6.45) is 0. The highest BCUT2D eigenvalue weighted by molar-refractivity contribution is 5.82. The Bertz CT molecular complexity index is 383. The van der Waals surface area contributed by atoms with Gasteiger partial charge in [0.05, 0.1) is 12.5 Å². The van der Waals surface area contributed by atoms with Crippen LogP contribution >= 0.6 is 0 Å². The van der Waals surface area contributed by atoms with E-state index in [1.165, 1.54) is 13.2 Å². The molecule has 2 nitrogen and oxygen atoms in total. The molecule has 0 spiro atoms. The van der Waals surface area contributed by atoms with Gasteiger partial charge >= 0.3 is 5.97 Å². The van der Waals surface area contributed by atoms with Crippen LogP contribution in [0, 0.1) is 12.7 Å². The quantitative estimate of drug-likeness (QED) is 0.701. The molecule has 1 rings (SSSR count). The van der Waals surface area contributed by atoms with Gasteiger partial charge in [0.25, 0.3) is 0 Å². The number of esters is 1. The molecule has 0 aromatic heterocycles. The maximum Gasteiger partial charge on any atom is 0.315 e. The SMILES string of the molecule is COC(=O)C(C)(C)c1ccc(C)c(F)c1. The first-order valence-electron chi connectivity index (χ1n) is 4.74. The second-order valence-electron chi connectivity index (χ2n) is 4.08. The Morgan fingerprint density at radius 3 is 2.47 bits per heavy atom. The summed E-state index contributed by atoms with van der Waals surface area (Å²) in [6, 6.07) is 4.79. The highest BCUT2D eigenvalue weighted by atomic mass is 19.1. The summed E-state index contributed by atoms with van der Waals surface area (Å²) in [4.78, 5) is 11.5. The molecule has 0 saturated carbocycles. The number of hydrogen-bond donors (Lipinski definition) is 0. The number of halogens is 1. The summed E-state index contributed by atoms with van der Waals surface area (Å²) >= 11 is 0. The fourth-order valence-electron chi connectivity index (χ4n) is 1.35. The van der Waals surface area contributed by atoms with E-state index in [9.17, 15) is 9.18 Å². The first-order chi connectivity index (χ1) is 6.89. The largest absolute Gasteiger partial charge is 0.468 e. The second-order valence-corrected chi connectivity index (χ2v) is 4.08. The number of carbonyl (C=O) groups is 1. The van der Waals surface area contributed by atoms with Crippen molar-refractivity contribution in [1.82, 2.24) is 0 Å². The van der Waals surface area contributed by atoms with E-state index in [4.69, 9.17) is 0 Å². The van der Waals surface area contributed by atoms with Gasteiger partial charge in [-0.3, -0.25) is 4.79 Å². The number of aryl methyl sites for hydroxylation is 1. The average molecular weight is 210 g/mol. The third-order valence-corrected chi connectivity index (χ3v) is 2.59. The number of hydrogen-bond acceptors (Lipinski definition) is 2. The molecule has 0 aliphatic carbocycles. The molecule has 1 aromatic carbocycles. The van der Waals surface area contributed by atoms with E-state index >= 15 is 0 Å². The van der Waals surface area contributed by atoms with E-state index in [0.29, 0.717) is 11.1 Å². The molecule has 3 heteroatoms. The summed E-state index contributed by atoms with van der Waals surface area (Å²) < 4.78 is 18.0. The minimum atomic E-state index is -0.816. The van der Waals surface area contributed by atoms with Crippen molar-refractivity contribution in [3.8, 4) is 0 Å². The molecule has 0 fully saturated rings. The number of methoxy groups -OCH3 is 1. The average Bonchev–Trinajstić information content (AvgIpc) is 2.20. The number of ether oxygens (including phenoxy) is 1. The van der Waals surface area contributed by atoms with Crippen molar-refractivity contribution in [2.45, 2.75) is 26.2 Å². The van der Waals surface area contributed by atoms with Crippen LogP contribution in [0.15, 0.2) is 18.2 Å². The molecule has 1 aromatic rings. The molecular weight excluding hydrogens is 195 g/mol.